The zero-order chi connectivity index (χ0) is 15.1. The van der Waals surface area contributed by atoms with Crippen LogP contribution in [-0.4, -0.2) is 25.9 Å². The van der Waals surface area contributed by atoms with E-state index in [1.807, 2.05) is 18.2 Å². The van der Waals surface area contributed by atoms with Gasteiger partial charge in [-0.25, -0.2) is 0 Å². The Morgan fingerprint density at radius 1 is 0.905 bits per heavy atom. The Hall–Kier alpha value is -2.20. The second-order valence-corrected chi connectivity index (χ2v) is 4.57. The highest BCUT2D eigenvalue weighted by atomic mass is 16.5. The molecule has 112 valence electrons. The number of ether oxygens (including phenoxy) is 3. The molecule has 0 saturated carbocycles. The van der Waals surface area contributed by atoms with Crippen molar-refractivity contribution in [1.82, 2.24) is 0 Å². The standard InChI is InChI=1S/C17H20O4/c1-19-15-10-14(12-18)11-16(20-2)17(15)21-9-8-13-6-4-3-5-7-13/h3-7,10-11,18H,8-9,12H2,1-2H3. The molecule has 0 radical (unpaired) electrons. The highest BCUT2D eigenvalue weighted by Gasteiger charge is 2.14. The van der Waals surface area contributed by atoms with Crippen molar-refractivity contribution >= 4 is 0 Å². The second kappa shape index (κ2) is 7.55. The summed E-state index contributed by atoms with van der Waals surface area (Å²) in [5, 5.41) is 9.24. The first-order valence-corrected chi connectivity index (χ1v) is 6.81. The molecule has 0 amide bonds. The molecule has 2 aromatic rings. The fraction of sp³-hybridized carbons (Fsp3) is 0.294. The molecule has 21 heavy (non-hydrogen) atoms. The minimum Gasteiger partial charge on any atom is -0.493 e. The van der Waals surface area contributed by atoms with E-state index in [1.54, 1.807) is 26.4 Å². The Morgan fingerprint density at radius 3 is 2.05 bits per heavy atom. The van der Waals surface area contributed by atoms with E-state index >= 15 is 0 Å². The van der Waals surface area contributed by atoms with Gasteiger partial charge in [-0.3, -0.25) is 0 Å². The van der Waals surface area contributed by atoms with E-state index in [-0.39, 0.29) is 6.61 Å². The van der Waals surface area contributed by atoms with Crippen molar-refractivity contribution in [2.24, 2.45) is 0 Å². The first-order chi connectivity index (χ1) is 10.3. The minimum atomic E-state index is -0.0724. The third-order valence-corrected chi connectivity index (χ3v) is 3.18. The van der Waals surface area contributed by atoms with Crippen molar-refractivity contribution in [2.45, 2.75) is 13.0 Å². The molecule has 0 unspecified atom stereocenters. The summed E-state index contributed by atoms with van der Waals surface area (Å²) in [6.45, 7) is 0.451. The molecule has 0 aromatic heterocycles. The van der Waals surface area contributed by atoms with Crippen LogP contribution in [0.15, 0.2) is 42.5 Å². The van der Waals surface area contributed by atoms with E-state index in [1.165, 1.54) is 5.56 Å². The van der Waals surface area contributed by atoms with Gasteiger partial charge in [-0.2, -0.15) is 0 Å². The van der Waals surface area contributed by atoms with E-state index in [4.69, 9.17) is 14.2 Å². The Kier molecular flexibility index (Phi) is 5.46. The van der Waals surface area contributed by atoms with Gasteiger partial charge in [0.15, 0.2) is 11.5 Å². The highest BCUT2D eigenvalue weighted by Crippen LogP contribution is 2.38. The average molecular weight is 288 g/mol. The van der Waals surface area contributed by atoms with Crippen LogP contribution in [0, 0.1) is 0 Å². The van der Waals surface area contributed by atoms with E-state index in [0.717, 1.165) is 12.0 Å². The number of hydrogen-bond acceptors (Lipinski definition) is 4. The third kappa shape index (κ3) is 3.89. The summed E-state index contributed by atoms with van der Waals surface area (Å²) in [5.41, 5.74) is 1.93. The predicted molar refractivity (Wildman–Crippen MR) is 81.1 cm³/mol. The summed E-state index contributed by atoms with van der Waals surface area (Å²) < 4.78 is 16.5. The van der Waals surface area contributed by atoms with Crippen LogP contribution in [-0.2, 0) is 13.0 Å². The fourth-order valence-electron chi connectivity index (χ4n) is 2.08. The fourth-order valence-corrected chi connectivity index (χ4v) is 2.08. The molecule has 0 aliphatic rings. The van der Waals surface area contributed by atoms with E-state index in [2.05, 4.69) is 12.1 Å². The maximum Gasteiger partial charge on any atom is 0.203 e. The summed E-state index contributed by atoms with van der Waals surface area (Å²) in [6.07, 6.45) is 0.800. The highest BCUT2D eigenvalue weighted by molar-refractivity contribution is 5.53. The van der Waals surface area contributed by atoms with Gasteiger partial charge in [-0.15, -0.1) is 0 Å². The lowest BCUT2D eigenvalue weighted by Gasteiger charge is -2.15. The molecule has 0 heterocycles. The van der Waals surface area contributed by atoms with Crippen LogP contribution >= 0.6 is 0 Å². The van der Waals surface area contributed by atoms with Gasteiger partial charge in [0.1, 0.15) is 0 Å². The van der Waals surface area contributed by atoms with Crippen LogP contribution in [0.25, 0.3) is 0 Å². The van der Waals surface area contributed by atoms with Crippen LogP contribution < -0.4 is 14.2 Å². The number of hydrogen-bond donors (Lipinski definition) is 1. The Bertz CT molecular complexity index is 541. The summed E-state index contributed by atoms with van der Waals surface area (Å²) in [7, 11) is 3.14. The first-order valence-electron chi connectivity index (χ1n) is 6.81. The number of aliphatic hydroxyl groups is 1. The van der Waals surface area contributed by atoms with Gasteiger partial charge in [0.05, 0.1) is 27.4 Å². The Balaban J connectivity index is 2.11. The zero-order valence-corrected chi connectivity index (χ0v) is 12.3. The van der Waals surface area contributed by atoms with Crippen LogP contribution in [0.3, 0.4) is 0 Å². The van der Waals surface area contributed by atoms with Gasteiger partial charge >= 0.3 is 0 Å². The largest absolute Gasteiger partial charge is 0.493 e. The molecule has 2 rings (SSSR count). The summed E-state index contributed by atoms with van der Waals surface area (Å²) in [4.78, 5) is 0. The normalized spacial score (nSPS) is 10.2. The zero-order valence-electron chi connectivity index (χ0n) is 12.3. The minimum absolute atomic E-state index is 0.0724. The van der Waals surface area contributed by atoms with Crippen molar-refractivity contribution in [3.05, 3.63) is 53.6 Å². The molecule has 0 bridgehead atoms. The molecule has 2 aromatic carbocycles. The first kappa shape index (κ1) is 15.2. The molecule has 0 fully saturated rings. The number of methoxy groups -OCH3 is 2. The van der Waals surface area contributed by atoms with Crippen molar-refractivity contribution in [2.75, 3.05) is 20.8 Å². The van der Waals surface area contributed by atoms with Gasteiger partial charge < -0.3 is 19.3 Å². The monoisotopic (exact) mass is 288 g/mol. The lowest BCUT2D eigenvalue weighted by atomic mass is 10.1. The Morgan fingerprint density at radius 2 is 1.52 bits per heavy atom. The summed E-state index contributed by atoms with van der Waals surface area (Å²) in [5.74, 6) is 1.69. The molecule has 4 heteroatoms. The second-order valence-electron chi connectivity index (χ2n) is 4.57. The molecule has 0 atom stereocenters. The average Bonchev–Trinajstić information content (AvgIpc) is 2.55. The molecule has 1 N–H and O–H groups in total. The van der Waals surface area contributed by atoms with E-state index in [9.17, 15) is 5.11 Å². The number of benzene rings is 2. The van der Waals surface area contributed by atoms with Gasteiger partial charge in [-0.05, 0) is 23.3 Å². The number of aliphatic hydroxyl groups excluding tert-OH is 1. The van der Waals surface area contributed by atoms with E-state index in [0.29, 0.717) is 23.9 Å². The molecule has 4 nitrogen and oxygen atoms in total. The topological polar surface area (TPSA) is 47.9 Å². The van der Waals surface area contributed by atoms with Crippen molar-refractivity contribution in [3.8, 4) is 17.2 Å². The molecule has 0 aliphatic heterocycles. The lowest BCUT2D eigenvalue weighted by molar-refractivity contribution is 0.267. The predicted octanol–water partition coefficient (Wildman–Crippen LogP) is 2.82. The van der Waals surface area contributed by atoms with Gasteiger partial charge in [0.2, 0.25) is 5.75 Å². The molecule has 0 spiro atoms. The van der Waals surface area contributed by atoms with Crippen LogP contribution in [0.2, 0.25) is 0 Å². The van der Waals surface area contributed by atoms with E-state index < -0.39 is 0 Å². The van der Waals surface area contributed by atoms with Crippen LogP contribution in [0.4, 0.5) is 0 Å². The smallest absolute Gasteiger partial charge is 0.203 e. The van der Waals surface area contributed by atoms with Crippen molar-refractivity contribution < 1.29 is 19.3 Å². The van der Waals surface area contributed by atoms with Crippen molar-refractivity contribution in [3.63, 3.8) is 0 Å². The summed E-state index contributed by atoms with van der Waals surface area (Å²) >= 11 is 0. The van der Waals surface area contributed by atoms with Crippen molar-refractivity contribution in [1.29, 1.82) is 0 Å². The maximum atomic E-state index is 9.24. The van der Waals surface area contributed by atoms with Crippen LogP contribution in [0.5, 0.6) is 17.2 Å². The molecular formula is C17H20O4. The van der Waals surface area contributed by atoms with Gasteiger partial charge in [0.25, 0.3) is 0 Å². The third-order valence-electron chi connectivity index (χ3n) is 3.18. The lowest BCUT2D eigenvalue weighted by Crippen LogP contribution is -2.05. The molecule has 0 saturated heterocycles. The quantitative estimate of drug-likeness (QED) is 0.851. The molecular weight excluding hydrogens is 268 g/mol. The van der Waals surface area contributed by atoms with Gasteiger partial charge in [0, 0.05) is 6.42 Å². The van der Waals surface area contributed by atoms with Crippen LogP contribution in [0.1, 0.15) is 11.1 Å². The SMILES string of the molecule is COc1cc(CO)cc(OC)c1OCCc1ccccc1. The number of rotatable bonds is 7. The molecule has 0 aliphatic carbocycles. The summed E-state index contributed by atoms with van der Waals surface area (Å²) in [6, 6.07) is 13.6. The van der Waals surface area contributed by atoms with Gasteiger partial charge in [-0.1, -0.05) is 30.3 Å². The Labute approximate surface area is 124 Å². The maximum absolute atomic E-state index is 9.24.